The minimum Gasteiger partial charge on any atom is -0.327 e. The molecule has 0 aliphatic carbocycles. The van der Waals surface area contributed by atoms with Crippen LogP contribution in [0, 0.1) is 18.3 Å². The van der Waals surface area contributed by atoms with E-state index >= 15 is 0 Å². The first-order valence-electron chi connectivity index (χ1n) is 9.70. The molecule has 0 spiro atoms. The Hall–Kier alpha value is -4.05. The van der Waals surface area contributed by atoms with E-state index in [1.54, 1.807) is 6.20 Å². The highest BCUT2D eigenvalue weighted by Crippen LogP contribution is 2.38. The van der Waals surface area contributed by atoms with Crippen LogP contribution in [0.15, 0.2) is 54.7 Å². The number of hydrogen-bond acceptors (Lipinski definition) is 5. The second-order valence-corrected chi connectivity index (χ2v) is 7.47. The molecule has 3 heterocycles. The maximum atomic E-state index is 13.3. The largest absolute Gasteiger partial charge is 0.327 e. The molecule has 0 bridgehead atoms. The number of carbonyl (C=O) groups is 1. The quantitative estimate of drug-likeness (QED) is 0.571. The van der Waals surface area contributed by atoms with Gasteiger partial charge in [-0.15, -0.1) is 5.10 Å². The molecule has 0 unspecified atom stereocenters. The number of H-pyrrole nitrogens is 1. The number of hydrogen-bond donors (Lipinski definition) is 1. The summed E-state index contributed by atoms with van der Waals surface area (Å²) in [6.45, 7) is 2.42. The molecule has 7 heteroatoms. The molecule has 1 atom stereocenters. The van der Waals surface area contributed by atoms with Gasteiger partial charge in [-0.1, -0.05) is 29.5 Å². The second kappa shape index (κ2) is 7.08. The van der Waals surface area contributed by atoms with Crippen LogP contribution in [0.1, 0.15) is 44.3 Å². The number of nitrogens with zero attached hydrogens (tertiary/aromatic N) is 5. The van der Waals surface area contributed by atoms with Crippen molar-refractivity contribution in [3.63, 3.8) is 0 Å². The van der Waals surface area contributed by atoms with Crippen LogP contribution in [-0.2, 0) is 13.0 Å². The van der Waals surface area contributed by atoms with Crippen molar-refractivity contribution in [1.82, 2.24) is 25.3 Å². The first kappa shape index (κ1) is 18.0. The van der Waals surface area contributed by atoms with Crippen LogP contribution >= 0.6 is 0 Å². The molecule has 1 aliphatic rings. The average Bonchev–Trinajstić information content (AvgIpc) is 3.33. The zero-order valence-corrected chi connectivity index (χ0v) is 16.3. The SMILES string of the molecule is Cc1ccnc(C#N)c1C[C@@H]1c2ccccc2C(=O)N1Cc1ccc2[nH]nnc2c1. The smallest absolute Gasteiger partial charge is 0.255 e. The van der Waals surface area contributed by atoms with Gasteiger partial charge in [-0.3, -0.25) is 9.89 Å². The molecule has 4 aromatic rings. The third kappa shape index (κ3) is 2.90. The lowest BCUT2D eigenvalue weighted by Gasteiger charge is -2.26. The fraction of sp³-hybridized carbons (Fsp3) is 0.174. The monoisotopic (exact) mass is 394 g/mol. The van der Waals surface area contributed by atoms with Gasteiger partial charge in [0.05, 0.1) is 11.6 Å². The lowest BCUT2D eigenvalue weighted by molar-refractivity contribution is 0.0709. The Kier molecular flexibility index (Phi) is 4.25. The molecule has 1 aliphatic heterocycles. The molecule has 0 saturated heterocycles. The minimum absolute atomic E-state index is 0.00380. The van der Waals surface area contributed by atoms with Gasteiger partial charge in [-0.05, 0) is 53.4 Å². The highest BCUT2D eigenvalue weighted by Gasteiger charge is 2.37. The summed E-state index contributed by atoms with van der Waals surface area (Å²) in [5, 5.41) is 20.3. The molecular weight excluding hydrogens is 376 g/mol. The standard InChI is InChI=1S/C23H18N6O/c1-14-8-9-25-21(12-24)18(14)11-22-16-4-2-3-5-17(16)23(30)29(22)13-15-6-7-19-20(10-15)27-28-26-19/h2-10,22H,11,13H2,1H3,(H,26,27,28)/t22-/m1/s1. The zero-order chi connectivity index (χ0) is 20.7. The van der Waals surface area contributed by atoms with Gasteiger partial charge in [0, 0.05) is 24.7 Å². The fourth-order valence-corrected chi connectivity index (χ4v) is 4.17. The van der Waals surface area contributed by atoms with Gasteiger partial charge in [0.1, 0.15) is 17.3 Å². The van der Waals surface area contributed by atoms with E-state index in [-0.39, 0.29) is 11.9 Å². The van der Waals surface area contributed by atoms with Crippen molar-refractivity contribution in [1.29, 1.82) is 5.26 Å². The Morgan fingerprint density at radius 2 is 2.07 bits per heavy atom. The highest BCUT2D eigenvalue weighted by molar-refractivity contribution is 5.99. The van der Waals surface area contributed by atoms with E-state index < -0.39 is 0 Å². The third-order valence-corrected chi connectivity index (χ3v) is 5.72. The summed E-state index contributed by atoms with van der Waals surface area (Å²) >= 11 is 0. The molecule has 2 aromatic carbocycles. The number of nitriles is 1. The Bertz CT molecular complexity index is 1320. The Morgan fingerprint density at radius 1 is 1.20 bits per heavy atom. The molecular formula is C23H18N6O. The number of benzene rings is 2. The van der Waals surface area contributed by atoms with Gasteiger partial charge in [-0.25, -0.2) is 4.98 Å². The molecule has 0 radical (unpaired) electrons. The predicted octanol–water partition coefficient (Wildman–Crippen LogP) is 3.47. The maximum absolute atomic E-state index is 13.3. The number of aromatic nitrogens is 4. The van der Waals surface area contributed by atoms with Crippen molar-refractivity contribution in [3.05, 3.63) is 88.2 Å². The van der Waals surface area contributed by atoms with Crippen LogP contribution in [0.4, 0.5) is 0 Å². The first-order valence-corrected chi connectivity index (χ1v) is 9.70. The number of fused-ring (bicyclic) bond motifs is 2. The van der Waals surface area contributed by atoms with Crippen molar-refractivity contribution in [2.24, 2.45) is 0 Å². The highest BCUT2D eigenvalue weighted by atomic mass is 16.2. The summed E-state index contributed by atoms with van der Waals surface area (Å²) in [5.41, 5.74) is 6.59. The third-order valence-electron chi connectivity index (χ3n) is 5.72. The van der Waals surface area contributed by atoms with E-state index in [1.165, 1.54) is 0 Å². The molecule has 30 heavy (non-hydrogen) atoms. The average molecular weight is 394 g/mol. The molecule has 5 rings (SSSR count). The van der Waals surface area contributed by atoms with E-state index in [2.05, 4.69) is 26.5 Å². The topological polar surface area (TPSA) is 98.6 Å². The summed E-state index contributed by atoms with van der Waals surface area (Å²) < 4.78 is 0. The van der Waals surface area contributed by atoms with E-state index in [9.17, 15) is 10.1 Å². The van der Waals surface area contributed by atoms with Crippen molar-refractivity contribution < 1.29 is 4.79 Å². The second-order valence-electron chi connectivity index (χ2n) is 7.47. The number of amides is 1. The van der Waals surface area contributed by atoms with Crippen LogP contribution in [0.25, 0.3) is 11.0 Å². The summed E-state index contributed by atoms with van der Waals surface area (Å²) in [4.78, 5) is 19.4. The van der Waals surface area contributed by atoms with Crippen molar-refractivity contribution in [2.75, 3.05) is 0 Å². The van der Waals surface area contributed by atoms with Crippen molar-refractivity contribution in [3.8, 4) is 6.07 Å². The summed E-state index contributed by atoms with van der Waals surface area (Å²) in [6.07, 6.45) is 2.19. The Labute approximate surface area is 173 Å². The Morgan fingerprint density at radius 3 is 2.93 bits per heavy atom. The number of aryl methyl sites for hydroxylation is 1. The van der Waals surface area contributed by atoms with E-state index in [0.29, 0.717) is 24.2 Å². The van der Waals surface area contributed by atoms with Gasteiger partial charge in [0.25, 0.3) is 5.91 Å². The van der Waals surface area contributed by atoms with Gasteiger partial charge in [-0.2, -0.15) is 5.26 Å². The molecule has 146 valence electrons. The van der Waals surface area contributed by atoms with Crippen LogP contribution in [0.2, 0.25) is 0 Å². The van der Waals surface area contributed by atoms with E-state index in [0.717, 1.165) is 33.3 Å². The van der Waals surface area contributed by atoms with Crippen molar-refractivity contribution in [2.45, 2.75) is 25.9 Å². The van der Waals surface area contributed by atoms with Crippen molar-refractivity contribution >= 4 is 16.9 Å². The van der Waals surface area contributed by atoms with Gasteiger partial charge >= 0.3 is 0 Å². The fourth-order valence-electron chi connectivity index (χ4n) is 4.17. The van der Waals surface area contributed by atoms with Crippen LogP contribution < -0.4 is 0 Å². The van der Waals surface area contributed by atoms with Crippen LogP contribution in [0.3, 0.4) is 0 Å². The molecule has 0 saturated carbocycles. The maximum Gasteiger partial charge on any atom is 0.255 e. The molecule has 1 amide bonds. The first-order chi connectivity index (χ1) is 14.7. The van der Waals surface area contributed by atoms with E-state index in [1.807, 2.05) is 60.4 Å². The molecule has 1 N–H and O–H groups in total. The number of carbonyl (C=O) groups excluding carboxylic acids is 1. The molecule has 7 nitrogen and oxygen atoms in total. The summed E-state index contributed by atoms with van der Waals surface area (Å²) in [5.74, 6) is -0.00380. The minimum atomic E-state index is -0.170. The number of nitrogens with one attached hydrogen (secondary N) is 1. The van der Waals surface area contributed by atoms with Gasteiger partial charge in [0.15, 0.2) is 0 Å². The normalized spacial score (nSPS) is 15.4. The summed E-state index contributed by atoms with van der Waals surface area (Å²) in [7, 11) is 0. The Balaban J connectivity index is 1.55. The zero-order valence-electron chi connectivity index (χ0n) is 16.3. The van der Waals surface area contributed by atoms with Gasteiger partial charge < -0.3 is 4.90 Å². The predicted molar refractivity (Wildman–Crippen MR) is 110 cm³/mol. The molecule has 2 aromatic heterocycles. The summed E-state index contributed by atoms with van der Waals surface area (Å²) in [6, 6.07) is 17.5. The van der Waals surface area contributed by atoms with Gasteiger partial charge in [0.2, 0.25) is 0 Å². The lowest BCUT2D eigenvalue weighted by atomic mass is 9.94. The van der Waals surface area contributed by atoms with Crippen LogP contribution in [-0.4, -0.2) is 31.2 Å². The lowest BCUT2D eigenvalue weighted by Crippen LogP contribution is -2.29. The number of rotatable bonds is 4. The van der Waals surface area contributed by atoms with E-state index in [4.69, 9.17) is 0 Å². The number of aromatic amines is 1. The van der Waals surface area contributed by atoms with Crippen LogP contribution in [0.5, 0.6) is 0 Å². The number of pyridine rings is 1. The molecule has 0 fully saturated rings.